The Hall–Kier alpha value is -3.18. The minimum atomic E-state index is -0.445. The summed E-state index contributed by atoms with van der Waals surface area (Å²) in [7, 11) is 0. The molecule has 0 radical (unpaired) electrons. The van der Waals surface area contributed by atoms with Crippen LogP contribution in [0.25, 0.3) is 0 Å². The summed E-state index contributed by atoms with van der Waals surface area (Å²) >= 11 is 2.34. The summed E-state index contributed by atoms with van der Waals surface area (Å²) in [6.07, 6.45) is 1.39. The van der Waals surface area contributed by atoms with Crippen LogP contribution in [0.2, 0.25) is 0 Å². The van der Waals surface area contributed by atoms with E-state index in [1.807, 2.05) is 37.5 Å². The van der Waals surface area contributed by atoms with Gasteiger partial charge in [-0.15, -0.1) is 16.8 Å². The summed E-state index contributed by atoms with van der Waals surface area (Å²) in [5, 5.41) is 12.2. The van der Waals surface area contributed by atoms with Crippen molar-refractivity contribution in [3.63, 3.8) is 0 Å². The second kappa shape index (κ2) is 12.0. The molecule has 0 aliphatic heterocycles. The molecule has 1 aromatic carbocycles. The van der Waals surface area contributed by atoms with Gasteiger partial charge in [0.2, 0.25) is 5.91 Å². The van der Waals surface area contributed by atoms with Crippen LogP contribution in [0, 0.1) is 20.8 Å². The lowest BCUT2D eigenvalue weighted by atomic mass is 10.1. The zero-order chi connectivity index (χ0) is 25.5. The van der Waals surface area contributed by atoms with E-state index in [1.165, 1.54) is 17.3 Å². The highest BCUT2D eigenvalue weighted by Crippen LogP contribution is 2.28. The number of ether oxygens (including phenoxy) is 2. The number of aromatic nitrogens is 4. The largest absolute Gasteiger partial charge is 0.482 e. The van der Waals surface area contributed by atoms with Crippen LogP contribution in [0.4, 0.5) is 5.13 Å². The van der Waals surface area contributed by atoms with E-state index < -0.39 is 5.97 Å². The van der Waals surface area contributed by atoms with E-state index in [4.69, 9.17) is 9.47 Å². The van der Waals surface area contributed by atoms with Crippen molar-refractivity contribution >= 4 is 40.1 Å². The summed E-state index contributed by atoms with van der Waals surface area (Å²) in [6, 6.07) is 6.02. The quantitative estimate of drug-likeness (QED) is 0.218. The minimum absolute atomic E-state index is 0.0922. The Balaban J connectivity index is 1.66. The van der Waals surface area contributed by atoms with Crippen LogP contribution in [-0.4, -0.2) is 44.0 Å². The van der Waals surface area contributed by atoms with E-state index in [-0.39, 0.29) is 24.4 Å². The first kappa shape index (κ1) is 26.4. The Labute approximate surface area is 213 Å². The summed E-state index contributed by atoms with van der Waals surface area (Å²) < 4.78 is 13.0. The number of aryl methyl sites for hydroxylation is 3. The van der Waals surface area contributed by atoms with E-state index in [0.717, 1.165) is 22.6 Å². The first-order valence-electron chi connectivity index (χ1n) is 11.1. The summed E-state index contributed by atoms with van der Waals surface area (Å²) in [5.74, 6) is 0.802. The number of amides is 1. The van der Waals surface area contributed by atoms with E-state index >= 15 is 0 Å². The minimum Gasteiger partial charge on any atom is -0.482 e. The number of benzene rings is 1. The van der Waals surface area contributed by atoms with Crippen LogP contribution in [-0.2, 0) is 16.1 Å². The molecule has 3 aromatic rings. The molecular weight excluding hydrogens is 486 g/mol. The van der Waals surface area contributed by atoms with E-state index in [9.17, 15) is 9.59 Å². The van der Waals surface area contributed by atoms with Gasteiger partial charge in [0.25, 0.3) is 0 Å². The van der Waals surface area contributed by atoms with Crippen molar-refractivity contribution in [1.82, 2.24) is 19.7 Å². The summed E-state index contributed by atoms with van der Waals surface area (Å²) in [4.78, 5) is 29.1. The molecule has 2 heterocycles. The van der Waals surface area contributed by atoms with Crippen LogP contribution >= 0.6 is 23.1 Å². The second-order valence-electron chi connectivity index (χ2n) is 7.76. The van der Waals surface area contributed by atoms with Gasteiger partial charge in [-0.2, -0.15) is 0 Å². The van der Waals surface area contributed by atoms with Crippen molar-refractivity contribution in [1.29, 1.82) is 0 Å². The molecule has 1 amide bonds. The van der Waals surface area contributed by atoms with Crippen molar-refractivity contribution in [3.05, 3.63) is 58.4 Å². The molecule has 186 valence electrons. The molecule has 11 heteroatoms. The number of hydrogen-bond donors (Lipinski definition) is 1. The van der Waals surface area contributed by atoms with Gasteiger partial charge in [0.15, 0.2) is 22.2 Å². The summed E-state index contributed by atoms with van der Waals surface area (Å²) in [5.41, 5.74) is 2.73. The Morgan fingerprint density at radius 3 is 2.74 bits per heavy atom. The number of hydrogen-bond acceptors (Lipinski definition) is 9. The van der Waals surface area contributed by atoms with Crippen molar-refractivity contribution in [2.45, 2.75) is 52.4 Å². The van der Waals surface area contributed by atoms with Gasteiger partial charge in [0.05, 0.1) is 18.1 Å². The molecule has 9 nitrogen and oxygen atoms in total. The molecule has 0 fully saturated rings. The smallest absolute Gasteiger partial charge is 0.350 e. The Morgan fingerprint density at radius 2 is 2.06 bits per heavy atom. The maximum absolute atomic E-state index is 12.5. The number of nitrogens with one attached hydrogen (secondary N) is 1. The van der Waals surface area contributed by atoms with Gasteiger partial charge in [-0.3, -0.25) is 9.36 Å². The maximum Gasteiger partial charge on any atom is 0.350 e. The molecule has 0 spiro atoms. The fourth-order valence-electron chi connectivity index (χ4n) is 3.30. The van der Waals surface area contributed by atoms with Crippen LogP contribution in [0.15, 0.2) is 36.0 Å². The second-order valence-corrected chi connectivity index (χ2v) is 9.70. The van der Waals surface area contributed by atoms with Crippen molar-refractivity contribution < 1.29 is 19.1 Å². The number of carbonyl (C=O) groups is 2. The molecule has 0 aliphatic carbocycles. The highest BCUT2D eigenvalue weighted by Gasteiger charge is 2.21. The number of rotatable bonds is 11. The molecule has 0 aliphatic rings. The lowest BCUT2D eigenvalue weighted by molar-refractivity contribution is -0.113. The van der Waals surface area contributed by atoms with Gasteiger partial charge in [-0.05, 0) is 46.2 Å². The van der Waals surface area contributed by atoms with Crippen LogP contribution in [0.5, 0.6) is 5.75 Å². The molecule has 1 N–H and O–H groups in total. The van der Waals surface area contributed by atoms with E-state index in [2.05, 4.69) is 33.1 Å². The number of esters is 1. The standard InChI is InChI=1S/C24H29N5O4S2/c1-7-11-29-21(17(6)33-18-10-9-14(3)12-15(18)4)27-28-24(29)34-13-19(30)26-23-25-16(5)20(35-23)22(31)32-8-2/h7,9-10,12,17H,1,8,11,13H2,2-6H3,(H,25,26,30). The third-order valence-corrected chi connectivity index (χ3v) is 6.91. The van der Waals surface area contributed by atoms with Crippen molar-refractivity contribution in [3.8, 4) is 5.75 Å². The number of nitrogens with zero attached hydrogens (tertiary/aromatic N) is 4. The number of allylic oxidation sites excluding steroid dienone is 1. The average Bonchev–Trinajstić information content (AvgIpc) is 3.37. The van der Waals surface area contributed by atoms with E-state index in [1.54, 1.807) is 19.9 Å². The molecule has 0 saturated carbocycles. The van der Waals surface area contributed by atoms with Gasteiger partial charge < -0.3 is 14.8 Å². The van der Waals surface area contributed by atoms with Crippen molar-refractivity contribution in [2.24, 2.45) is 0 Å². The molecule has 0 bridgehead atoms. The molecular formula is C24H29N5O4S2. The third kappa shape index (κ3) is 6.70. The zero-order valence-electron chi connectivity index (χ0n) is 20.5. The Morgan fingerprint density at radius 1 is 1.29 bits per heavy atom. The highest BCUT2D eigenvalue weighted by atomic mass is 32.2. The Bertz CT molecular complexity index is 1220. The van der Waals surface area contributed by atoms with Crippen molar-refractivity contribution in [2.75, 3.05) is 17.7 Å². The number of carbonyl (C=O) groups excluding carboxylic acids is 2. The Kier molecular flexibility index (Phi) is 9.05. The van der Waals surface area contributed by atoms with E-state index in [0.29, 0.717) is 33.2 Å². The maximum atomic E-state index is 12.5. The third-order valence-electron chi connectivity index (χ3n) is 4.89. The topological polar surface area (TPSA) is 108 Å². The predicted octanol–water partition coefficient (Wildman–Crippen LogP) is 4.89. The van der Waals surface area contributed by atoms with Crippen LogP contribution in [0.3, 0.4) is 0 Å². The summed E-state index contributed by atoms with van der Waals surface area (Å²) in [6.45, 7) is 14.0. The lowest BCUT2D eigenvalue weighted by Crippen LogP contribution is -2.15. The fraction of sp³-hybridized carbons (Fsp3) is 0.375. The number of thiazole rings is 1. The van der Waals surface area contributed by atoms with Gasteiger partial charge in [-0.25, -0.2) is 9.78 Å². The fourth-order valence-corrected chi connectivity index (χ4v) is 4.94. The van der Waals surface area contributed by atoms with Crippen LogP contribution in [0.1, 0.15) is 52.3 Å². The molecule has 0 saturated heterocycles. The first-order valence-corrected chi connectivity index (χ1v) is 12.9. The highest BCUT2D eigenvalue weighted by molar-refractivity contribution is 7.99. The number of anilines is 1. The first-order chi connectivity index (χ1) is 16.7. The molecule has 2 aromatic heterocycles. The molecule has 1 unspecified atom stereocenters. The molecule has 1 atom stereocenters. The normalized spacial score (nSPS) is 11.7. The SMILES string of the molecule is C=CCn1c(SCC(=O)Nc2nc(C)c(C(=O)OCC)s2)nnc1C(C)Oc1ccc(C)cc1C. The molecule has 3 rings (SSSR count). The van der Waals surface area contributed by atoms with Gasteiger partial charge in [-0.1, -0.05) is 46.9 Å². The van der Waals surface area contributed by atoms with Crippen LogP contribution < -0.4 is 10.1 Å². The lowest BCUT2D eigenvalue weighted by Gasteiger charge is -2.17. The van der Waals surface area contributed by atoms with Gasteiger partial charge in [0.1, 0.15) is 10.6 Å². The monoisotopic (exact) mass is 515 g/mol. The average molecular weight is 516 g/mol. The zero-order valence-corrected chi connectivity index (χ0v) is 22.1. The van der Waals surface area contributed by atoms with Gasteiger partial charge >= 0.3 is 5.97 Å². The predicted molar refractivity (Wildman–Crippen MR) is 137 cm³/mol. The molecule has 35 heavy (non-hydrogen) atoms. The van der Waals surface area contributed by atoms with Gasteiger partial charge in [0, 0.05) is 6.54 Å². The number of thioether (sulfide) groups is 1.